The maximum absolute atomic E-state index is 6.01. The summed E-state index contributed by atoms with van der Waals surface area (Å²) in [6, 6.07) is 9.19. The van der Waals surface area contributed by atoms with Gasteiger partial charge in [0.25, 0.3) is 0 Å². The molecule has 0 aliphatic heterocycles. The summed E-state index contributed by atoms with van der Waals surface area (Å²) < 4.78 is 11.3. The van der Waals surface area contributed by atoms with Gasteiger partial charge in [0.15, 0.2) is 0 Å². The van der Waals surface area contributed by atoms with Crippen molar-refractivity contribution in [1.29, 1.82) is 0 Å². The molecule has 1 heterocycles. The average Bonchev–Trinajstić information content (AvgIpc) is 2.40. The van der Waals surface area contributed by atoms with Gasteiger partial charge < -0.3 is 15.2 Å². The van der Waals surface area contributed by atoms with Crippen molar-refractivity contribution in [2.45, 2.75) is 19.9 Å². The first-order valence-electron chi connectivity index (χ1n) is 6.15. The van der Waals surface area contributed by atoms with Crippen LogP contribution in [0.1, 0.15) is 24.2 Å². The zero-order chi connectivity index (χ0) is 13.8. The van der Waals surface area contributed by atoms with Crippen molar-refractivity contribution in [3.05, 3.63) is 47.8 Å². The van der Waals surface area contributed by atoms with Gasteiger partial charge in [0.1, 0.15) is 17.2 Å². The van der Waals surface area contributed by atoms with E-state index >= 15 is 0 Å². The third kappa shape index (κ3) is 2.85. The van der Waals surface area contributed by atoms with E-state index in [1.807, 2.05) is 44.2 Å². The Labute approximate surface area is 113 Å². The Bertz CT molecular complexity index is 568. The molecule has 0 aliphatic rings. The first-order chi connectivity index (χ1) is 9.13. The number of hydrogen-bond acceptors (Lipinski definition) is 4. The van der Waals surface area contributed by atoms with Crippen LogP contribution in [0.15, 0.2) is 36.5 Å². The SMILES string of the molecule is COc1cccc(Oc2cccnc2C)c1C(C)N. The van der Waals surface area contributed by atoms with Crippen LogP contribution in [0.4, 0.5) is 0 Å². The first-order valence-corrected chi connectivity index (χ1v) is 6.15. The Balaban J connectivity index is 2.43. The minimum absolute atomic E-state index is 0.178. The van der Waals surface area contributed by atoms with E-state index in [0.29, 0.717) is 5.75 Å². The molecule has 0 fully saturated rings. The fraction of sp³-hybridized carbons (Fsp3) is 0.267. The van der Waals surface area contributed by atoms with E-state index in [0.717, 1.165) is 22.8 Å². The maximum Gasteiger partial charge on any atom is 0.148 e. The number of methoxy groups -OCH3 is 1. The first kappa shape index (κ1) is 13.4. The van der Waals surface area contributed by atoms with E-state index < -0.39 is 0 Å². The van der Waals surface area contributed by atoms with Crippen molar-refractivity contribution in [2.24, 2.45) is 5.73 Å². The fourth-order valence-electron chi connectivity index (χ4n) is 1.94. The normalized spacial score (nSPS) is 12.0. The molecular weight excluding hydrogens is 240 g/mol. The number of nitrogens with two attached hydrogens (primary N) is 1. The zero-order valence-corrected chi connectivity index (χ0v) is 11.4. The molecule has 1 aromatic heterocycles. The summed E-state index contributed by atoms with van der Waals surface area (Å²) in [6.45, 7) is 3.81. The summed E-state index contributed by atoms with van der Waals surface area (Å²) in [5.41, 5.74) is 7.70. The minimum Gasteiger partial charge on any atom is -0.496 e. The molecule has 100 valence electrons. The summed E-state index contributed by atoms with van der Waals surface area (Å²) in [5, 5.41) is 0. The molecule has 2 aromatic rings. The Kier molecular flexibility index (Phi) is 4.02. The summed E-state index contributed by atoms with van der Waals surface area (Å²) in [5.74, 6) is 2.15. The molecule has 19 heavy (non-hydrogen) atoms. The molecule has 0 amide bonds. The lowest BCUT2D eigenvalue weighted by atomic mass is 10.1. The van der Waals surface area contributed by atoms with Crippen LogP contribution in [0.3, 0.4) is 0 Å². The van der Waals surface area contributed by atoms with Gasteiger partial charge in [-0.15, -0.1) is 0 Å². The topological polar surface area (TPSA) is 57.4 Å². The second-order valence-electron chi connectivity index (χ2n) is 4.35. The quantitative estimate of drug-likeness (QED) is 0.914. The predicted octanol–water partition coefficient (Wildman–Crippen LogP) is 3.21. The lowest BCUT2D eigenvalue weighted by Gasteiger charge is -2.17. The highest BCUT2D eigenvalue weighted by molar-refractivity contribution is 5.48. The van der Waals surface area contributed by atoms with Crippen molar-refractivity contribution >= 4 is 0 Å². The highest BCUT2D eigenvalue weighted by Gasteiger charge is 2.15. The smallest absolute Gasteiger partial charge is 0.148 e. The number of pyridine rings is 1. The monoisotopic (exact) mass is 258 g/mol. The van der Waals surface area contributed by atoms with Crippen molar-refractivity contribution in [3.63, 3.8) is 0 Å². The van der Waals surface area contributed by atoms with Crippen LogP contribution in [-0.2, 0) is 0 Å². The van der Waals surface area contributed by atoms with Crippen LogP contribution in [0.25, 0.3) is 0 Å². The molecule has 0 spiro atoms. The van der Waals surface area contributed by atoms with Gasteiger partial charge in [0.2, 0.25) is 0 Å². The molecule has 4 nitrogen and oxygen atoms in total. The predicted molar refractivity (Wildman–Crippen MR) is 74.6 cm³/mol. The Morgan fingerprint density at radius 3 is 2.42 bits per heavy atom. The molecule has 1 atom stereocenters. The molecule has 0 saturated carbocycles. The van der Waals surface area contributed by atoms with Crippen LogP contribution < -0.4 is 15.2 Å². The van der Waals surface area contributed by atoms with Crippen LogP contribution in [0.5, 0.6) is 17.2 Å². The highest BCUT2D eigenvalue weighted by atomic mass is 16.5. The van der Waals surface area contributed by atoms with Crippen molar-refractivity contribution in [3.8, 4) is 17.2 Å². The van der Waals surface area contributed by atoms with E-state index in [2.05, 4.69) is 4.98 Å². The summed E-state index contributed by atoms with van der Waals surface area (Å²) in [6.07, 6.45) is 1.74. The van der Waals surface area contributed by atoms with Gasteiger partial charge in [-0.3, -0.25) is 4.98 Å². The van der Waals surface area contributed by atoms with Crippen LogP contribution >= 0.6 is 0 Å². The van der Waals surface area contributed by atoms with Crippen LogP contribution in [0, 0.1) is 6.92 Å². The maximum atomic E-state index is 6.01. The van der Waals surface area contributed by atoms with Gasteiger partial charge in [0.05, 0.1) is 18.4 Å². The number of nitrogens with zero attached hydrogens (tertiary/aromatic N) is 1. The van der Waals surface area contributed by atoms with Crippen molar-refractivity contribution < 1.29 is 9.47 Å². The minimum atomic E-state index is -0.178. The van der Waals surface area contributed by atoms with Gasteiger partial charge in [-0.25, -0.2) is 0 Å². The molecule has 0 aliphatic carbocycles. The standard InChI is InChI=1S/C15H18N2O2/c1-10(16)15-13(18-3)6-4-7-14(15)19-12-8-5-9-17-11(12)2/h4-10H,16H2,1-3H3. The van der Waals surface area contributed by atoms with E-state index in [-0.39, 0.29) is 6.04 Å². The third-order valence-corrected chi connectivity index (χ3v) is 2.88. The van der Waals surface area contributed by atoms with Gasteiger partial charge in [-0.2, -0.15) is 0 Å². The number of aryl methyl sites for hydroxylation is 1. The lowest BCUT2D eigenvalue weighted by Crippen LogP contribution is -2.09. The molecular formula is C15H18N2O2. The number of benzene rings is 1. The lowest BCUT2D eigenvalue weighted by molar-refractivity contribution is 0.397. The highest BCUT2D eigenvalue weighted by Crippen LogP contribution is 2.35. The second-order valence-corrected chi connectivity index (χ2v) is 4.35. The van der Waals surface area contributed by atoms with E-state index in [9.17, 15) is 0 Å². The molecule has 4 heteroatoms. The third-order valence-electron chi connectivity index (χ3n) is 2.88. The molecule has 1 aromatic carbocycles. The van der Waals surface area contributed by atoms with Crippen molar-refractivity contribution in [1.82, 2.24) is 4.98 Å². The van der Waals surface area contributed by atoms with Gasteiger partial charge in [-0.1, -0.05) is 6.07 Å². The Hall–Kier alpha value is -2.07. The van der Waals surface area contributed by atoms with Gasteiger partial charge in [-0.05, 0) is 38.1 Å². The fourth-order valence-corrected chi connectivity index (χ4v) is 1.94. The molecule has 2 rings (SSSR count). The summed E-state index contributed by atoms with van der Waals surface area (Å²) in [7, 11) is 1.63. The average molecular weight is 258 g/mol. The number of hydrogen-bond donors (Lipinski definition) is 1. The molecule has 0 saturated heterocycles. The largest absolute Gasteiger partial charge is 0.496 e. The zero-order valence-electron chi connectivity index (χ0n) is 11.4. The number of rotatable bonds is 4. The summed E-state index contributed by atoms with van der Waals surface area (Å²) >= 11 is 0. The van der Waals surface area contributed by atoms with E-state index in [1.165, 1.54) is 0 Å². The van der Waals surface area contributed by atoms with E-state index in [1.54, 1.807) is 13.3 Å². The number of ether oxygens (including phenoxy) is 2. The van der Waals surface area contributed by atoms with Crippen molar-refractivity contribution in [2.75, 3.05) is 7.11 Å². The molecule has 0 radical (unpaired) electrons. The molecule has 2 N–H and O–H groups in total. The van der Waals surface area contributed by atoms with Crippen LogP contribution in [0.2, 0.25) is 0 Å². The Morgan fingerprint density at radius 1 is 1.11 bits per heavy atom. The number of aromatic nitrogens is 1. The van der Waals surface area contributed by atoms with E-state index in [4.69, 9.17) is 15.2 Å². The van der Waals surface area contributed by atoms with Gasteiger partial charge in [0, 0.05) is 12.2 Å². The van der Waals surface area contributed by atoms with Crippen LogP contribution in [-0.4, -0.2) is 12.1 Å². The Morgan fingerprint density at radius 2 is 1.79 bits per heavy atom. The second kappa shape index (κ2) is 5.71. The van der Waals surface area contributed by atoms with Gasteiger partial charge >= 0.3 is 0 Å². The molecule has 1 unspecified atom stereocenters. The summed E-state index contributed by atoms with van der Waals surface area (Å²) in [4.78, 5) is 4.20. The molecule has 0 bridgehead atoms.